The normalized spacial score (nSPS) is 11.1. The van der Waals surface area contributed by atoms with Gasteiger partial charge in [-0.2, -0.15) is 5.26 Å². The highest BCUT2D eigenvalue weighted by Gasteiger charge is 2.03. The molecule has 0 unspecified atom stereocenters. The highest BCUT2D eigenvalue weighted by atomic mass is 16.4. The first-order valence-corrected chi connectivity index (χ1v) is 6.53. The van der Waals surface area contributed by atoms with Crippen LogP contribution in [-0.4, -0.2) is 11.1 Å². The molecular weight excluding hydrogens is 274 g/mol. The first-order chi connectivity index (χ1) is 10.6. The maximum atomic E-state index is 11.0. The molecule has 0 aliphatic heterocycles. The van der Waals surface area contributed by atoms with Gasteiger partial charge in [0, 0.05) is 11.6 Å². The van der Waals surface area contributed by atoms with Gasteiger partial charge in [-0.1, -0.05) is 73.9 Å². The van der Waals surface area contributed by atoms with Crippen molar-refractivity contribution in [2.75, 3.05) is 0 Å². The van der Waals surface area contributed by atoms with E-state index in [1.807, 2.05) is 36.4 Å². The molecule has 0 heterocycles. The second-order valence-electron chi connectivity index (χ2n) is 4.06. The molecule has 3 nitrogen and oxygen atoms in total. The Morgan fingerprint density at radius 3 is 2.27 bits per heavy atom. The number of carboxylic acid groups (broad SMARTS) is 1. The lowest BCUT2D eigenvalue weighted by Crippen LogP contribution is -1.98. The highest BCUT2D eigenvalue weighted by Crippen LogP contribution is 2.11. The van der Waals surface area contributed by atoms with E-state index in [1.165, 1.54) is 6.08 Å². The minimum Gasteiger partial charge on any atom is -0.478 e. The van der Waals surface area contributed by atoms with Gasteiger partial charge in [-0.05, 0) is 18.1 Å². The van der Waals surface area contributed by atoms with Crippen LogP contribution in [0.15, 0.2) is 85.0 Å². The fourth-order valence-electron chi connectivity index (χ4n) is 1.35. The molecule has 3 heteroatoms. The number of hydrogen-bond acceptors (Lipinski definition) is 2. The Morgan fingerprint density at radius 1 is 1.23 bits per heavy atom. The molecule has 0 saturated heterocycles. The Hall–Kier alpha value is -3.12. The van der Waals surface area contributed by atoms with E-state index in [0.717, 1.165) is 5.56 Å². The molecule has 0 amide bonds. The van der Waals surface area contributed by atoms with Crippen LogP contribution in [0.3, 0.4) is 0 Å². The Balaban J connectivity index is 0.000000980. The van der Waals surface area contributed by atoms with Crippen LogP contribution in [0.25, 0.3) is 6.08 Å². The lowest BCUT2D eigenvalue weighted by molar-refractivity contribution is -0.132. The van der Waals surface area contributed by atoms with Gasteiger partial charge in [0.25, 0.3) is 0 Å². The van der Waals surface area contributed by atoms with Crippen molar-refractivity contribution in [2.45, 2.75) is 6.92 Å². The SMILES string of the molecule is C=CC#N.C=CC=CC(C=Cc1ccccc1)=C(C)C(=O)O. The Kier molecular flexibility index (Phi) is 10.0. The average Bonchev–Trinajstić information content (AvgIpc) is 2.55. The summed E-state index contributed by atoms with van der Waals surface area (Å²) in [7, 11) is 0. The smallest absolute Gasteiger partial charge is 0.331 e. The van der Waals surface area contributed by atoms with Crippen LogP contribution in [-0.2, 0) is 4.79 Å². The summed E-state index contributed by atoms with van der Waals surface area (Å²) in [5, 5.41) is 16.5. The summed E-state index contributed by atoms with van der Waals surface area (Å²) >= 11 is 0. The van der Waals surface area contributed by atoms with Crippen molar-refractivity contribution in [1.82, 2.24) is 0 Å². The molecule has 0 radical (unpaired) electrons. The molecule has 0 saturated carbocycles. The maximum absolute atomic E-state index is 11.0. The second-order valence-corrected chi connectivity index (χ2v) is 4.06. The first kappa shape index (κ1) is 18.9. The van der Waals surface area contributed by atoms with Crippen LogP contribution in [0.4, 0.5) is 0 Å². The number of aliphatic carboxylic acids is 1. The minimum absolute atomic E-state index is 0.306. The summed E-state index contributed by atoms with van der Waals surface area (Å²) in [5.41, 5.74) is 1.99. The Morgan fingerprint density at radius 2 is 1.82 bits per heavy atom. The van der Waals surface area contributed by atoms with E-state index in [-0.39, 0.29) is 0 Å². The van der Waals surface area contributed by atoms with E-state index in [1.54, 1.807) is 37.3 Å². The molecule has 0 aliphatic rings. The number of nitrogens with zero attached hydrogens (tertiary/aromatic N) is 1. The predicted molar refractivity (Wildman–Crippen MR) is 91.0 cm³/mol. The molecule has 0 aromatic heterocycles. The first-order valence-electron chi connectivity index (χ1n) is 6.53. The summed E-state index contributed by atoms with van der Waals surface area (Å²) in [4.78, 5) is 11.0. The van der Waals surface area contributed by atoms with Crippen LogP contribution in [0.1, 0.15) is 12.5 Å². The number of hydrogen-bond donors (Lipinski definition) is 1. The van der Waals surface area contributed by atoms with E-state index in [9.17, 15) is 4.79 Å². The van der Waals surface area contributed by atoms with Gasteiger partial charge in [-0.15, -0.1) is 0 Å². The molecule has 0 atom stereocenters. The van der Waals surface area contributed by atoms with Crippen molar-refractivity contribution in [2.24, 2.45) is 0 Å². The van der Waals surface area contributed by atoms with Crippen LogP contribution in [0.5, 0.6) is 0 Å². The Labute approximate surface area is 131 Å². The van der Waals surface area contributed by atoms with Crippen LogP contribution in [0, 0.1) is 11.3 Å². The third-order valence-electron chi connectivity index (χ3n) is 2.51. The molecule has 1 aromatic carbocycles. The summed E-state index contributed by atoms with van der Waals surface area (Å²) < 4.78 is 0. The zero-order valence-electron chi connectivity index (χ0n) is 12.6. The van der Waals surface area contributed by atoms with Gasteiger partial charge in [-0.3, -0.25) is 0 Å². The average molecular weight is 293 g/mol. The molecule has 1 aromatic rings. The number of carboxylic acids is 1. The van der Waals surface area contributed by atoms with Crippen molar-refractivity contribution in [3.05, 3.63) is 90.6 Å². The summed E-state index contributed by atoms with van der Waals surface area (Å²) in [6, 6.07) is 11.4. The number of nitriles is 1. The second kappa shape index (κ2) is 11.7. The van der Waals surface area contributed by atoms with Crippen LogP contribution < -0.4 is 0 Å². The number of rotatable bonds is 5. The molecule has 1 rings (SSSR count). The number of benzene rings is 1. The molecule has 0 spiro atoms. The zero-order chi connectivity index (χ0) is 16.8. The van der Waals surface area contributed by atoms with Crippen molar-refractivity contribution in [1.29, 1.82) is 5.26 Å². The molecular formula is C19H19NO2. The third-order valence-corrected chi connectivity index (χ3v) is 2.51. The van der Waals surface area contributed by atoms with Crippen molar-refractivity contribution >= 4 is 12.0 Å². The van der Waals surface area contributed by atoms with Gasteiger partial charge >= 0.3 is 5.97 Å². The molecule has 112 valence electrons. The summed E-state index contributed by atoms with van der Waals surface area (Å²) in [6.45, 7) is 8.28. The number of carbonyl (C=O) groups is 1. The molecule has 0 bridgehead atoms. The maximum Gasteiger partial charge on any atom is 0.331 e. The monoisotopic (exact) mass is 293 g/mol. The van der Waals surface area contributed by atoms with E-state index in [2.05, 4.69) is 13.2 Å². The summed E-state index contributed by atoms with van der Waals surface area (Å²) in [5.74, 6) is -0.920. The fraction of sp³-hybridized carbons (Fsp3) is 0.0526. The van der Waals surface area contributed by atoms with E-state index < -0.39 is 5.97 Å². The van der Waals surface area contributed by atoms with E-state index >= 15 is 0 Å². The molecule has 1 N–H and O–H groups in total. The van der Waals surface area contributed by atoms with Gasteiger partial charge in [-0.25, -0.2) is 4.79 Å². The lowest BCUT2D eigenvalue weighted by atomic mass is 10.1. The van der Waals surface area contributed by atoms with Gasteiger partial charge in [0.2, 0.25) is 0 Å². The predicted octanol–water partition coefficient (Wildman–Crippen LogP) is 4.54. The van der Waals surface area contributed by atoms with Gasteiger partial charge in [0.15, 0.2) is 0 Å². The molecule has 0 fully saturated rings. The fourth-order valence-corrected chi connectivity index (χ4v) is 1.35. The van der Waals surface area contributed by atoms with Gasteiger partial charge in [0.05, 0.1) is 6.07 Å². The van der Waals surface area contributed by atoms with Gasteiger partial charge < -0.3 is 5.11 Å². The standard InChI is InChI=1S/C16H16O2.C3H3N/c1-3-4-10-15(13(2)16(17)18)12-11-14-8-6-5-7-9-14;1-2-3-4/h3-12H,1H2,2H3,(H,17,18);2H,1H2. The van der Waals surface area contributed by atoms with Gasteiger partial charge in [0.1, 0.15) is 0 Å². The van der Waals surface area contributed by atoms with E-state index in [0.29, 0.717) is 11.1 Å². The summed E-state index contributed by atoms with van der Waals surface area (Å²) in [6.07, 6.45) is 9.92. The highest BCUT2D eigenvalue weighted by molar-refractivity contribution is 5.88. The third kappa shape index (κ3) is 8.13. The van der Waals surface area contributed by atoms with E-state index in [4.69, 9.17) is 10.4 Å². The zero-order valence-corrected chi connectivity index (χ0v) is 12.6. The van der Waals surface area contributed by atoms with Crippen LogP contribution >= 0.6 is 0 Å². The topological polar surface area (TPSA) is 61.1 Å². The lowest BCUT2D eigenvalue weighted by Gasteiger charge is -1.99. The van der Waals surface area contributed by atoms with Crippen LogP contribution in [0.2, 0.25) is 0 Å². The molecule has 0 aliphatic carbocycles. The largest absolute Gasteiger partial charge is 0.478 e. The van der Waals surface area contributed by atoms with Crippen molar-refractivity contribution in [3.8, 4) is 6.07 Å². The minimum atomic E-state index is -0.920. The Bertz CT molecular complexity index is 629. The quantitative estimate of drug-likeness (QED) is 0.492. The van der Waals surface area contributed by atoms with Crippen molar-refractivity contribution in [3.63, 3.8) is 0 Å². The number of allylic oxidation sites excluding steroid dienone is 6. The van der Waals surface area contributed by atoms with Crippen molar-refractivity contribution < 1.29 is 9.90 Å². The molecule has 22 heavy (non-hydrogen) atoms.